The van der Waals surface area contributed by atoms with Gasteiger partial charge in [-0.25, -0.2) is 0 Å². The Morgan fingerprint density at radius 3 is 1.89 bits per heavy atom. The first kappa shape index (κ1) is 16.2. The molecule has 0 saturated heterocycles. The average molecular weight is 262 g/mol. The Bertz CT molecular complexity index is 354. The van der Waals surface area contributed by atoms with Crippen LogP contribution in [0.15, 0.2) is 24.3 Å². The van der Waals surface area contributed by atoms with Crippen LogP contribution in [0, 0.1) is 0 Å². The largest absolute Gasteiger partial charge is 0.329 e. The summed E-state index contributed by atoms with van der Waals surface area (Å²) < 4.78 is 0. The highest BCUT2D eigenvalue weighted by Crippen LogP contribution is 2.24. The molecule has 0 heterocycles. The van der Waals surface area contributed by atoms with E-state index in [9.17, 15) is 0 Å². The Kier molecular flexibility index (Phi) is 6.53. The zero-order valence-corrected chi connectivity index (χ0v) is 13.2. The van der Waals surface area contributed by atoms with Gasteiger partial charge in [-0.2, -0.15) is 0 Å². The number of hydrogen-bond donors (Lipinski definition) is 1. The van der Waals surface area contributed by atoms with Gasteiger partial charge in [0.15, 0.2) is 0 Å². The third-order valence-electron chi connectivity index (χ3n) is 3.76. The minimum atomic E-state index is 0.334. The highest BCUT2D eigenvalue weighted by Gasteiger charge is 2.20. The molecule has 0 amide bonds. The van der Waals surface area contributed by atoms with Crippen molar-refractivity contribution >= 4 is 0 Å². The van der Waals surface area contributed by atoms with Gasteiger partial charge in [0.05, 0.1) is 0 Å². The Morgan fingerprint density at radius 2 is 1.53 bits per heavy atom. The molecule has 0 aliphatic rings. The molecule has 1 aromatic rings. The highest BCUT2D eigenvalue weighted by molar-refractivity contribution is 5.27. The van der Waals surface area contributed by atoms with Gasteiger partial charge in [-0.3, -0.25) is 4.90 Å². The Balaban J connectivity index is 2.94. The van der Waals surface area contributed by atoms with E-state index in [1.165, 1.54) is 17.5 Å². The molecule has 1 atom stereocenters. The van der Waals surface area contributed by atoms with E-state index in [0.29, 0.717) is 24.5 Å². The van der Waals surface area contributed by atoms with Crippen LogP contribution in [-0.2, 0) is 0 Å². The van der Waals surface area contributed by atoms with Gasteiger partial charge in [-0.15, -0.1) is 0 Å². The molecule has 1 rings (SSSR count). The summed E-state index contributed by atoms with van der Waals surface area (Å²) in [6.45, 7) is 13.0. The minimum Gasteiger partial charge on any atom is -0.329 e. The van der Waals surface area contributed by atoms with Gasteiger partial charge in [0, 0.05) is 18.6 Å². The maximum Gasteiger partial charge on any atom is 0.0473 e. The van der Waals surface area contributed by atoms with Crippen LogP contribution in [0.2, 0.25) is 0 Å². The normalized spacial score (nSPS) is 13.5. The first-order valence-electron chi connectivity index (χ1n) is 7.56. The summed E-state index contributed by atoms with van der Waals surface area (Å²) in [6, 6.07) is 9.84. The van der Waals surface area contributed by atoms with Crippen molar-refractivity contribution in [3.05, 3.63) is 35.4 Å². The monoisotopic (exact) mass is 262 g/mol. The maximum absolute atomic E-state index is 6.03. The standard InChI is InChI=1S/C17H30N2/c1-6-11-19(14(4)5)17(12-18)16-9-7-15(8-10-16)13(2)3/h7-10,13-14,17H,6,11-12,18H2,1-5H3. The van der Waals surface area contributed by atoms with Gasteiger partial charge in [0.2, 0.25) is 0 Å². The molecule has 1 unspecified atom stereocenters. The summed E-state index contributed by atoms with van der Waals surface area (Å²) in [7, 11) is 0. The summed E-state index contributed by atoms with van der Waals surface area (Å²) >= 11 is 0. The second-order valence-electron chi connectivity index (χ2n) is 5.90. The van der Waals surface area contributed by atoms with Gasteiger partial charge in [-0.1, -0.05) is 45.0 Å². The van der Waals surface area contributed by atoms with E-state index in [4.69, 9.17) is 5.73 Å². The van der Waals surface area contributed by atoms with Crippen molar-refractivity contribution in [2.45, 2.75) is 59.0 Å². The van der Waals surface area contributed by atoms with Gasteiger partial charge in [0.25, 0.3) is 0 Å². The molecule has 2 N–H and O–H groups in total. The quantitative estimate of drug-likeness (QED) is 0.806. The van der Waals surface area contributed by atoms with E-state index >= 15 is 0 Å². The topological polar surface area (TPSA) is 29.3 Å². The predicted octanol–water partition coefficient (Wildman–Crippen LogP) is 3.93. The molecule has 2 nitrogen and oxygen atoms in total. The SMILES string of the molecule is CCCN(C(C)C)C(CN)c1ccc(C(C)C)cc1. The van der Waals surface area contributed by atoms with Crippen molar-refractivity contribution in [2.24, 2.45) is 5.73 Å². The Hall–Kier alpha value is -0.860. The van der Waals surface area contributed by atoms with E-state index in [1.54, 1.807) is 0 Å². The molecular formula is C17H30N2. The first-order valence-corrected chi connectivity index (χ1v) is 7.56. The van der Waals surface area contributed by atoms with E-state index in [2.05, 4.69) is 63.8 Å². The summed E-state index contributed by atoms with van der Waals surface area (Å²) in [5.74, 6) is 0.585. The molecule has 0 bridgehead atoms. The summed E-state index contributed by atoms with van der Waals surface area (Å²) in [5, 5.41) is 0. The minimum absolute atomic E-state index is 0.334. The molecule has 2 heteroatoms. The molecule has 1 aromatic carbocycles. The molecule has 0 aliphatic heterocycles. The molecule has 0 saturated carbocycles. The second kappa shape index (κ2) is 7.66. The number of rotatable bonds is 7. The lowest BCUT2D eigenvalue weighted by Crippen LogP contribution is -2.39. The van der Waals surface area contributed by atoms with E-state index in [1.807, 2.05) is 0 Å². The van der Waals surface area contributed by atoms with Crippen molar-refractivity contribution < 1.29 is 0 Å². The molecule has 0 fully saturated rings. The lowest BCUT2D eigenvalue weighted by Gasteiger charge is -2.34. The summed E-state index contributed by atoms with van der Waals surface area (Å²) in [4.78, 5) is 2.50. The Labute approximate surface area is 119 Å². The van der Waals surface area contributed by atoms with Crippen molar-refractivity contribution in [3.8, 4) is 0 Å². The number of nitrogens with two attached hydrogens (primary N) is 1. The third kappa shape index (κ3) is 4.32. The molecule has 0 spiro atoms. The van der Waals surface area contributed by atoms with E-state index < -0.39 is 0 Å². The van der Waals surface area contributed by atoms with E-state index in [0.717, 1.165) is 6.54 Å². The molecule has 19 heavy (non-hydrogen) atoms. The fraction of sp³-hybridized carbons (Fsp3) is 0.647. The van der Waals surface area contributed by atoms with Crippen molar-refractivity contribution in [2.75, 3.05) is 13.1 Å². The van der Waals surface area contributed by atoms with Crippen LogP contribution in [0.25, 0.3) is 0 Å². The zero-order chi connectivity index (χ0) is 14.4. The summed E-state index contributed by atoms with van der Waals surface area (Å²) in [5.41, 5.74) is 8.77. The first-order chi connectivity index (χ1) is 9.01. The molecule has 0 aromatic heterocycles. The number of benzene rings is 1. The van der Waals surface area contributed by atoms with Crippen LogP contribution in [-0.4, -0.2) is 24.0 Å². The van der Waals surface area contributed by atoms with Crippen LogP contribution in [0.5, 0.6) is 0 Å². The van der Waals surface area contributed by atoms with Crippen molar-refractivity contribution in [1.29, 1.82) is 0 Å². The fourth-order valence-corrected chi connectivity index (χ4v) is 2.60. The fourth-order valence-electron chi connectivity index (χ4n) is 2.60. The van der Waals surface area contributed by atoms with Gasteiger partial charge in [0.1, 0.15) is 0 Å². The van der Waals surface area contributed by atoms with Crippen molar-refractivity contribution in [1.82, 2.24) is 4.90 Å². The van der Waals surface area contributed by atoms with E-state index in [-0.39, 0.29) is 0 Å². The molecule has 108 valence electrons. The molecule has 0 radical (unpaired) electrons. The molecular weight excluding hydrogens is 232 g/mol. The Morgan fingerprint density at radius 1 is 1.00 bits per heavy atom. The number of hydrogen-bond acceptors (Lipinski definition) is 2. The van der Waals surface area contributed by atoms with Gasteiger partial charge < -0.3 is 5.73 Å². The predicted molar refractivity (Wildman–Crippen MR) is 84.5 cm³/mol. The second-order valence-corrected chi connectivity index (χ2v) is 5.90. The van der Waals surface area contributed by atoms with Crippen LogP contribution in [0.4, 0.5) is 0 Å². The van der Waals surface area contributed by atoms with Crippen LogP contribution in [0.3, 0.4) is 0 Å². The van der Waals surface area contributed by atoms with Crippen molar-refractivity contribution in [3.63, 3.8) is 0 Å². The van der Waals surface area contributed by atoms with Crippen LogP contribution in [0.1, 0.15) is 64.1 Å². The lowest BCUT2D eigenvalue weighted by molar-refractivity contribution is 0.157. The summed E-state index contributed by atoms with van der Waals surface area (Å²) in [6.07, 6.45) is 1.17. The maximum atomic E-state index is 6.03. The molecule has 0 aliphatic carbocycles. The third-order valence-corrected chi connectivity index (χ3v) is 3.76. The van der Waals surface area contributed by atoms with Gasteiger partial charge in [-0.05, 0) is 43.9 Å². The smallest absolute Gasteiger partial charge is 0.0473 e. The highest BCUT2D eigenvalue weighted by atomic mass is 15.2. The average Bonchev–Trinajstić information content (AvgIpc) is 2.39. The number of nitrogens with zero attached hydrogens (tertiary/aromatic N) is 1. The lowest BCUT2D eigenvalue weighted by atomic mass is 9.97. The van der Waals surface area contributed by atoms with Crippen LogP contribution < -0.4 is 5.73 Å². The van der Waals surface area contributed by atoms with Crippen LogP contribution >= 0.6 is 0 Å². The van der Waals surface area contributed by atoms with Gasteiger partial charge >= 0.3 is 0 Å². The zero-order valence-electron chi connectivity index (χ0n) is 13.2.